The minimum absolute atomic E-state index is 0.0120. The number of nitrogens with zero attached hydrogens (tertiary/aromatic N) is 3. The maximum Gasteiger partial charge on any atom is 0.306 e. The molecule has 2 heterocycles. The summed E-state index contributed by atoms with van der Waals surface area (Å²) < 4.78 is 25.6. The molecule has 0 aliphatic carbocycles. The Morgan fingerprint density at radius 3 is 2.65 bits per heavy atom. The quantitative estimate of drug-likeness (QED) is 0.854. The van der Waals surface area contributed by atoms with Crippen molar-refractivity contribution in [2.75, 3.05) is 13.1 Å². The summed E-state index contributed by atoms with van der Waals surface area (Å²) in [7, 11) is -3.65. The van der Waals surface area contributed by atoms with Gasteiger partial charge in [0.2, 0.25) is 10.0 Å². The fourth-order valence-electron chi connectivity index (χ4n) is 1.93. The third kappa shape index (κ3) is 2.50. The first-order valence-corrected chi connectivity index (χ1v) is 7.39. The molecule has 1 aromatic rings. The molecule has 7 nitrogen and oxygen atoms in total. The lowest BCUT2D eigenvalue weighted by molar-refractivity contribution is -0.144. The molecule has 1 fully saturated rings. The van der Waals surface area contributed by atoms with Gasteiger partial charge in [0.25, 0.3) is 0 Å². The Labute approximate surface area is 116 Å². The molecule has 0 aromatic carbocycles. The zero-order chi connectivity index (χ0) is 14.9. The van der Waals surface area contributed by atoms with Gasteiger partial charge in [0.15, 0.2) is 0 Å². The molecule has 1 unspecified atom stereocenters. The number of aliphatic carboxylic acids is 1. The van der Waals surface area contributed by atoms with Gasteiger partial charge in [-0.3, -0.25) is 4.79 Å². The third-order valence-corrected chi connectivity index (χ3v) is 5.28. The standard InChI is InChI=1S/C12H13N3O4S/c1-8(12(16)17)9-6-15(7-9)20(18,19)11-3-2-10(4-13)14-5-11/h2-3,5,8-9H,6-7H2,1H3,(H,16,17). The van der Waals surface area contributed by atoms with Gasteiger partial charge in [0, 0.05) is 19.3 Å². The van der Waals surface area contributed by atoms with E-state index in [1.54, 1.807) is 6.92 Å². The normalized spacial score (nSPS) is 18.0. The smallest absolute Gasteiger partial charge is 0.306 e. The van der Waals surface area contributed by atoms with Gasteiger partial charge in [-0.05, 0) is 18.1 Å². The van der Waals surface area contributed by atoms with Crippen LogP contribution in [0, 0.1) is 23.2 Å². The monoisotopic (exact) mass is 295 g/mol. The average Bonchev–Trinajstić information content (AvgIpc) is 2.36. The van der Waals surface area contributed by atoms with Gasteiger partial charge in [-0.1, -0.05) is 6.92 Å². The van der Waals surface area contributed by atoms with Gasteiger partial charge in [0.1, 0.15) is 16.7 Å². The van der Waals surface area contributed by atoms with Crippen LogP contribution in [0.25, 0.3) is 0 Å². The highest BCUT2D eigenvalue weighted by Gasteiger charge is 2.41. The number of carboxylic acids is 1. The molecule has 1 N–H and O–H groups in total. The molecular weight excluding hydrogens is 282 g/mol. The second-order valence-electron chi connectivity index (χ2n) is 4.70. The van der Waals surface area contributed by atoms with Crippen molar-refractivity contribution in [2.45, 2.75) is 11.8 Å². The van der Waals surface area contributed by atoms with E-state index in [2.05, 4.69) is 4.98 Å². The summed E-state index contributed by atoms with van der Waals surface area (Å²) in [5.74, 6) is -1.67. The Kier molecular flexibility index (Phi) is 3.74. The molecular formula is C12H13N3O4S. The second-order valence-corrected chi connectivity index (χ2v) is 6.64. The zero-order valence-electron chi connectivity index (χ0n) is 10.7. The van der Waals surface area contributed by atoms with Crippen molar-refractivity contribution < 1.29 is 18.3 Å². The van der Waals surface area contributed by atoms with Crippen molar-refractivity contribution in [3.8, 4) is 6.07 Å². The number of carboxylic acid groups (broad SMARTS) is 1. The van der Waals surface area contributed by atoms with Crippen LogP contribution >= 0.6 is 0 Å². The molecule has 0 amide bonds. The predicted octanol–water partition coefficient (Wildman–Crippen LogP) is 0.294. The lowest BCUT2D eigenvalue weighted by Gasteiger charge is -2.39. The first kappa shape index (κ1) is 14.4. The van der Waals surface area contributed by atoms with Crippen molar-refractivity contribution in [1.82, 2.24) is 9.29 Å². The summed E-state index contributed by atoms with van der Waals surface area (Å²) in [6.07, 6.45) is 1.14. The molecule has 8 heteroatoms. The highest BCUT2D eigenvalue weighted by Crippen LogP contribution is 2.29. The maximum absolute atomic E-state index is 12.2. The Bertz CT molecular complexity index is 657. The third-order valence-electron chi connectivity index (χ3n) is 3.46. The van der Waals surface area contributed by atoms with Crippen LogP contribution in [0.1, 0.15) is 12.6 Å². The number of sulfonamides is 1. The minimum Gasteiger partial charge on any atom is -0.481 e. The van der Waals surface area contributed by atoms with Crippen LogP contribution in [0.3, 0.4) is 0 Å². The summed E-state index contributed by atoms with van der Waals surface area (Å²) >= 11 is 0. The van der Waals surface area contributed by atoms with Crippen LogP contribution in [0.15, 0.2) is 23.2 Å². The number of pyridine rings is 1. The van der Waals surface area contributed by atoms with Crippen LogP contribution in [-0.2, 0) is 14.8 Å². The van der Waals surface area contributed by atoms with E-state index in [0.717, 1.165) is 6.20 Å². The van der Waals surface area contributed by atoms with Crippen LogP contribution in [0.4, 0.5) is 0 Å². The largest absolute Gasteiger partial charge is 0.481 e. The first-order valence-electron chi connectivity index (χ1n) is 5.95. The molecule has 106 valence electrons. The van der Waals surface area contributed by atoms with Gasteiger partial charge in [-0.15, -0.1) is 0 Å². The van der Waals surface area contributed by atoms with Crippen molar-refractivity contribution in [3.63, 3.8) is 0 Å². The van der Waals surface area contributed by atoms with E-state index in [0.29, 0.717) is 0 Å². The number of aromatic nitrogens is 1. The lowest BCUT2D eigenvalue weighted by Crippen LogP contribution is -2.53. The van der Waals surface area contributed by atoms with E-state index in [-0.39, 0.29) is 29.6 Å². The fourth-order valence-corrected chi connectivity index (χ4v) is 3.43. The Morgan fingerprint density at radius 2 is 2.20 bits per heavy atom. The van der Waals surface area contributed by atoms with E-state index >= 15 is 0 Å². The van der Waals surface area contributed by atoms with Gasteiger partial charge < -0.3 is 5.11 Å². The van der Waals surface area contributed by atoms with E-state index in [1.807, 2.05) is 6.07 Å². The molecule has 0 radical (unpaired) electrons. The van der Waals surface area contributed by atoms with E-state index < -0.39 is 21.9 Å². The number of carbonyl (C=O) groups is 1. The van der Waals surface area contributed by atoms with Crippen molar-refractivity contribution in [3.05, 3.63) is 24.0 Å². The molecule has 1 aliphatic heterocycles. The van der Waals surface area contributed by atoms with Gasteiger partial charge in [0.05, 0.1) is 5.92 Å². The fraction of sp³-hybridized carbons (Fsp3) is 0.417. The Hall–Kier alpha value is -1.98. The highest BCUT2D eigenvalue weighted by atomic mass is 32.2. The molecule has 0 spiro atoms. The van der Waals surface area contributed by atoms with Gasteiger partial charge in [-0.25, -0.2) is 13.4 Å². The first-order chi connectivity index (χ1) is 9.36. The summed E-state index contributed by atoms with van der Waals surface area (Å²) in [5.41, 5.74) is 0.143. The maximum atomic E-state index is 12.2. The summed E-state index contributed by atoms with van der Waals surface area (Å²) in [6, 6.07) is 4.48. The summed E-state index contributed by atoms with van der Waals surface area (Å²) in [5, 5.41) is 17.5. The summed E-state index contributed by atoms with van der Waals surface area (Å²) in [4.78, 5) is 14.6. The topological polar surface area (TPSA) is 111 Å². The molecule has 2 rings (SSSR count). The van der Waals surface area contributed by atoms with Crippen LogP contribution in [0.2, 0.25) is 0 Å². The van der Waals surface area contributed by atoms with Crippen LogP contribution in [0.5, 0.6) is 0 Å². The van der Waals surface area contributed by atoms with E-state index in [4.69, 9.17) is 10.4 Å². The van der Waals surface area contributed by atoms with Crippen molar-refractivity contribution >= 4 is 16.0 Å². The number of nitriles is 1. The molecule has 1 aromatic heterocycles. The zero-order valence-corrected chi connectivity index (χ0v) is 11.5. The predicted molar refractivity (Wildman–Crippen MR) is 68.0 cm³/mol. The van der Waals surface area contributed by atoms with E-state index in [1.165, 1.54) is 16.4 Å². The van der Waals surface area contributed by atoms with Gasteiger partial charge >= 0.3 is 5.97 Å². The number of hydrogen-bond acceptors (Lipinski definition) is 5. The van der Waals surface area contributed by atoms with Crippen molar-refractivity contribution in [1.29, 1.82) is 5.26 Å². The summed E-state index contributed by atoms with van der Waals surface area (Å²) in [6.45, 7) is 1.95. The number of rotatable bonds is 4. The lowest BCUT2D eigenvalue weighted by atomic mass is 9.89. The Balaban J connectivity index is 2.10. The molecule has 1 atom stereocenters. The average molecular weight is 295 g/mol. The molecule has 1 aliphatic rings. The SMILES string of the molecule is CC(C(=O)O)C1CN(S(=O)(=O)c2ccc(C#N)nc2)C1. The van der Waals surface area contributed by atoms with Crippen LogP contribution < -0.4 is 0 Å². The number of hydrogen-bond donors (Lipinski definition) is 1. The second kappa shape index (κ2) is 5.19. The molecule has 1 saturated heterocycles. The van der Waals surface area contributed by atoms with Crippen molar-refractivity contribution in [2.24, 2.45) is 11.8 Å². The molecule has 0 bridgehead atoms. The van der Waals surface area contributed by atoms with Crippen LogP contribution in [-0.4, -0.2) is 41.9 Å². The van der Waals surface area contributed by atoms with Gasteiger partial charge in [-0.2, -0.15) is 9.57 Å². The molecule has 0 saturated carbocycles. The highest BCUT2D eigenvalue weighted by molar-refractivity contribution is 7.89. The minimum atomic E-state index is -3.65. The Morgan fingerprint density at radius 1 is 1.55 bits per heavy atom. The van der Waals surface area contributed by atoms with E-state index in [9.17, 15) is 13.2 Å². The molecule has 20 heavy (non-hydrogen) atoms.